The lowest BCUT2D eigenvalue weighted by Crippen LogP contribution is -2.56. The fourth-order valence-corrected chi connectivity index (χ4v) is 4.58. The molecule has 0 bridgehead atoms. The number of benzene rings is 1. The molecule has 4 rings (SSSR count). The molecule has 41 heavy (non-hydrogen) atoms. The van der Waals surface area contributed by atoms with Crippen molar-refractivity contribution in [3.8, 4) is 17.3 Å². The highest BCUT2D eigenvalue weighted by Gasteiger charge is 2.31. The predicted octanol–water partition coefficient (Wildman–Crippen LogP) is 1.97. The van der Waals surface area contributed by atoms with E-state index in [4.69, 9.17) is 14.2 Å². The highest BCUT2D eigenvalue weighted by Crippen LogP contribution is 2.22. The number of ether oxygens (including phenoxy) is 3. The van der Waals surface area contributed by atoms with Gasteiger partial charge in [-0.2, -0.15) is 4.98 Å². The number of hydrogen-bond acceptors (Lipinski definition) is 9. The maximum absolute atomic E-state index is 13.5. The topological polar surface area (TPSA) is 160 Å². The Kier molecular flexibility index (Phi) is 10.4. The number of carboxylic acids is 1. The Balaban J connectivity index is 1.52. The Bertz CT molecular complexity index is 1210. The Labute approximate surface area is 237 Å². The molecule has 2 fully saturated rings. The molecule has 1 aromatic heterocycles. The van der Waals surface area contributed by atoms with Gasteiger partial charge in [0, 0.05) is 57.1 Å². The Hall–Kier alpha value is -4.26. The van der Waals surface area contributed by atoms with Gasteiger partial charge in [-0.15, -0.1) is 0 Å². The number of carbonyl (C=O) groups excluding carboxylic acids is 3. The molecule has 0 aliphatic carbocycles. The lowest BCUT2D eigenvalue weighted by atomic mass is 10.1. The van der Waals surface area contributed by atoms with Gasteiger partial charge in [0.15, 0.2) is 5.82 Å². The van der Waals surface area contributed by atoms with Gasteiger partial charge < -0.3 is 34.4 Å². The van der Waals surface area contributed by atoms with Crippen molar-refractivity contribution in [3.05, 3.63) is 42.1 Å². The zero-order valence-electron chi connectivity index (χ0n) is 23.0. The number of aromatic nitrogens is 2. The first kappa shape index (κ1) is 29.7. The maximum Gasteiger partial charge on any atom is 0.409 e. The molecule has 13 heteroatoms. The minimum atomic E-state index is -1.11. The summed E-state index contributed by atoms with van der Waals surface area (Å²) in [4.78, 5) is 62.2. The third-order valence-electron chi connectivity index (χ3n) is 6.79. The van der Waals surface area contributed by atoms with Gasteiger partial charge in [0.25, 0.3) is 5.91 Å². The Morgan fingerprint density at radius 2 is 1.73 bits per heavy atom. The summed E-state index contributed by atoms with van der Waals surface area (Å²) in [7, 11) is 0. The summed E-state index contributed by atoms with van der Waals surface area (Å²) < 4.78 is 16.5. The zero-order valence-corrected chi connectivity index (χ0v) is 23.0. The van der Waals surface area contributed by atoms with E-state index >= 15 is 0 Å². The van der Waals surface area contributed by atoms with Crippen molar-refractivity contribution in [2.24, 2.45) is 0 Å². The number of nitrogens with zero attached hydrogens (tertiary/aromatic N) is 4. The van der Waals surface area contributed by atoms with E-state index in [-0.39, 0.29) is 69.1 Å². The molecule has 1 atom stereocenters. The second kappa shape index (κ2) is 14.4. The summed E-state index contributed by atoms with van der Waals surface area (Å²) in [5.41, 5.74) is 0.665. The largest absolute Gasteiger partial charge is 0.481 e. The number of carbonyl (C=O) groups is 4. The molecule has 1 aromatic carbocycles. The average Bonchev–Trinajstić information content (AvgIpc) is 2.99. The normalized spacial score (nSPS) is 16.5. The summed E-state index contributed by atoms with van der Waals surface area (Å²) in [6.07, 6.45) is 0.350. The third-order valence-corrected chi connectivity index (χ3v) is 6.79. The van der Waals surface area contributed by atoms with Crippen LogP contribution in [0, 0.1) is 0 Å². The molecule has 3 heterocycles. The van der Waals surface area contributed by atoms with Gasteiger partial charge in [-0.1, -0.05) is 30.3 Å². The Morgan fingerprint density at radius 3 is 2.39 bits per heavy atom. The van der Waals surface area contributed by atoms with E-state index in [0.717, 1.165) is 0 Å². The smallest absolute Gasteiger partial charge is 0.409 e. The van der Waals surface area contributed by atoms with Crippen molar-refractivity contribution in [1.82, 2.24) is 25.1 Å². The molecule has 1 unspecified atom stereocenters. The van der Waals surface area contributed by atoms with Crippen LogP contribution in [0.3, 0.4) is 0 Å². The van der Waals surface area contributed by atoms with Crippen LogP contribution < -0.4 is 10.1 Å². The molecule has 2 aliphatic rings. The van der Waals surface area contributed by atoms with E-state index < -0.39 is 29.9 Å². The van der Waals surface area contributed by atoms with E-state index in [9.17, 15) is 24.3 Å². The molecule has 2 saturated heterocycles. The molecule has 3 amide bonds. The van der Waals surface area contributed by atoms with E-state index in [1.54, 1.807) is 6.92 Å². The third kappa shape index (κ3) is 8.37. The van der Waals surface area contributed by atoms with Gasteiger partial charge in [0.05, 0.1) is 19.8 Å². The number of rotatable bonds is 10. The van der Waals surface area contributed by atoms with E-state index in [2.05, 4.69) is 15.3 Å². The van der Waals surface area contributed by atoms with Crippen molar-refractivity contribution in [2.75, 3.05) is 46.0 Å². The fraction of sp³-hybridized carbons (Fsp3) is 0.500. The highest BCUT2D eigenvalue weighted by molar-refractivity contribution is 5.96. The maximum atomic E-state index is 13.5. The molecule has 2 aliphatic heterocycles. The van der Waals surface area contributed by atoms with Crippen molar-refractivity contribution in [3.63, 3.8) is 0 Å². The molecule has 2 aromatic rings. The standard InChI is InChI=1S/C28H35N5O8/c1-2-40-28(38)33-14-12-32(13-15-33)27(37)21(8-9-24(34)35)30-26(36)22-18-23(41-20-10-16-39-17-11-20)31-25(29-22)19-6-4-3-5-7-19/h3-7,18,20-21H,2,8-17H2,1H3,(H,30,36)(H,34,35). The van der Waals surface area contributed by atoms with E-state index in [0.29, 0.717) is 31.6 Å². The quantitative estimate of drug-likeness (QED) is 0.433. The number of carboxylic acid groups (broad SMARTS) is 1. The van der Waals surface area contributed by atoms with Crippen LogP contribution in [0.15, 0.2) is 36.4 Å². The number of hydrogen-bond donors (Lipinski definition) is 2. The van der Waals surface area contributed by atoms with Crippen LogP contribution in [0.25, 0.3) is 11.4 Å². The van der Waals surface area contributed by atoms with Gasteiger partial charge >= 0.3 is 12.1 Å². The van der Waals surface area contributed by atoms with Crippen LogP contribution >= 0.6 is 0 Å². The van der Waals surface area contributed by atoms with Crippen LogP contribution in [-0.4, -0.2) is 107 Å². The first-order valence-electron chi connectivity index (χ1n) is 13.8. The van der Waals surface area contributed by atoms with Gasteiger partial charge in [0.2, 0.25) is 11.8 Å². The monoisotopic (exact) mass is 569 g/mol. The van der Waals surface area contributed by atoms with E-state index in [1.807, 2.05) is 30.3 Å². The van der Waals surface area contributed by atoms with Gasteiger partial charge in [-0.05, 0) is 13.3 Å². The van der Waals surface area contributed by atoms with Gasteiger partial charge in [0.1, 0.15) is 17.8 Å². The van der Waals surface area contributed by atoms with Crippen molar-refractivity contribution in [1.29, 1.82) is 0 Å². The molecule has 0 saturated carbocycles. The van der Waals surface area contributed by atoms with E-state index in [1.165, 1.54) is 15.9 Å². The van der Waals surface area contributed by atoms with Crippen LogP contribution in [0.5, 0.6) is 5.88 Å². The molecule has 2 N–H and O–H groups in total. The first-order chi connectivity index (χ1) is 19.8. The second-order valence-corrected chi connectivity index (χ2v) is 9.68. The number of piperazine rings is 1. The lowest BCUT2D eigenvalue weighted by molar-refractivity contribution is -0.138. The summed E-state index contributed by atoms with van der Waals surface area (Å²) in [5.74, 6) is -1.68. The number of amides is 3. The van der Waals surface area contributed by atoms with Crippen LogP contribution in [0.2, 0.25) is 0 Å². The summed E-state index contributed by atoms with van der Waals surface area (Å²) in [5, 5.41) is 11.9. The zero-order chi connectivity index (χ0) is 29.2. The minimum Gasteiger partial charge on any atom is -0.481 e. The minimum absolute atomic E-state index is 0.0128. The van der Waals surface area contributed by atoms with Crippen LogP contribution in [-0.2, 0) is 19.1 Å². The van der Waals surface area contributed by atoms with Crippen LogP contribution in [0.4, 0.5) is 4.79 Å². The summed E-state index contributed by atoms with van der Waals surface area (Å²) in [6.45, 7) is 4.09. The molecule has 0 radical (unpaired) electrons. The van der Waals surface area contributed by atoms with Gasteiger partial charge in [-0.3, -0.25) is 14.4 Å². The van der Waals surface area contributed by atoms with Crippen molar-refractivity contribution < 1.29 is 38.5 Å². The molecule has 0 spiro atoms. The summed E-state index contributed by atoms with van der Waals surface area (Å²) in [6, 6.07) is 9.44. The molecular weight excluding hydrogens is 534 g/mol. The second-order valence-electron chi connectivity index (χ2n) is 9.68. The fourth-order valence-electron chi connectivity index (χ4n) is 4.58. The summed E-state index contributed by atoms with van der Waals surface area (Å²) >= 11 is 0. The van der Waals surface area contributed by atoms with Gasteiger partial charge in [-0.25, -0.2) is 9.78 Å². The molecular formula is C28H35N5O8. The number of nitrogens with one attached hydrogen (secondary N) is 1. The first-order valence-corrected chi connectivity index (χ1v) is 13.8. The lowest BCUT2D eigenvalue weighted by Gasteiger charge is -2.35. The van der Waals surface area contributed by atoms with Crippen molar-refractivity contribution in [2.45, 2.75) is 44.8 Å². The molecule has 13 nitrogen and oxygen atoms in total. The SMILES string of the molecule is CCOC(=O)N1CCN(C(=O)C(CCC(=O)O)NC(=O)c2cc(OC3CCOCC3)nc(-c3ccccc3)n2)CC1. The average molecular weight is 570 g/mol. The number of aliphatic carboxylic acids is 1. The van der Waals surface area contributed by atoms with Crippen molar-refractivity contribution >= 4 is 23.9 Å². The van der Waals surface area contributed by atoms with Crippen LogP contribution in [0.1, 0.15) is 43.1 Å². The predicted molar refractivity (Wildman–Crippen MR) is 145 cm³/mol. The highest BCUT2D eigenvalue weighted by atomic mass is 16.6. The Morgan fingerprint density at radius 1 is 1.05 bits per heavy atom. The molecule has 220 valence electrons.